The van der Waals surface area contributed by atoms with E-state index in [0.717, 1.165) is 10.9 Å². The molecule has 1 amide bonds. The van der Waals surface area contributed by atoms with Gasteiger partial charge < -0.3 is 19.4 Å². The maximum absolute atomic E-state index is 12.7. The molecule has 2 aromatic heterocycles. The quantitative estimate of drug-likeness (QED) is 0.511. The number of aromatic nitrogens is 2. The first-order valence-electron chi connectivity index (χ1n) is 8.16. The van der Waals surface area contributed by atoms with Crippen LogP contribution in [0, 0.1) is 0 Å². The van der Waals surface area contributed by atoms with Crippen LogP contribution in [0.3, 0.4) is 0 Å². The van der Waals surface area contributed by atoms with Crippen LogP contribution in [0.4, 0.5) is 0 Å². The van der Waals surface area contributed by atoms with Crippen LogP contribution < -0.4 is 0 Å². The smallest absolute Gasteiger partial charge is 0.340 e. The zero-order valence-corrected chi connectivity index (χ0v) is 15.6. The molecular formula is C18H16BrN3O4. The molecule has 134 valence electrons. The molecule has 0 atom stereocenters. The second-order valence-corrected chi connectivity index (χ2v) is 6.81. The van der Waals surface area contributed by atoms with E-state index >= 15 is 0 Å². The molecule has 1 saturated heterocycles. The molecule has 0 bridgehead atoms. The van der Waals surface area contributed by atoms with Crippen molar-refractivity contribution < 1.29 is 19.1 Å². The van der Waals surface area contributed by atoms with Crippen LogP contribution in [0.15, 0.2) is 28.9 Å². The summed E-state index contributed by atoms with van der Waals surface area (Å²) in [7, 11) is 1.34. The summed E-state index contributed by atoms with van der Waals surface area (Å²) < 4.78 is 10.7. The van der Waals surface area contributed by atoms with Crippen molar-refractivity contribution in [1.29, 1.82) is 0 Å². The van der Waals surface area contributed by atoms with Crippen LogP contribution >= 0.6 is 15.9 Å². The summed E-state index contributed by atoms with van der Waals surface area (Å²) in [5.74, 6) is -0.481. The number of pyridine rings is 1. The standard InChI is InChI=1S/C18H16BrN3O4/c1-25-18(24)12-9-14(19)21-15-11-3-2-10(8-13(11)20-16(12)15)17(23)22-4-6-26-7-5-22/h2-3,8-9,20H,4-7H2,1H3. The van der Waals surface area contributed by atoms with E-state index in [2.05, 4.69) is 25.9 Å². The van der Waals surface area contributed by atoms with Gasteiger partial charge in [-0.15, -0.1) is 0 Å². The molecule has 8 heteroatoms. The highest BCUT2D eigenvalue weighted by molar-refractivity contribution is 9.10. The second kappa shape index (κ2) is 6.69. The second-order valence-electron chi connectivity index (χ2n) is 6.00. The number of ether oxygens (including phenoxy) is 2. The van der Waals surface area contributed by atoms with Gasteiger partial charge in [-0.1, -0.05) is 0 Å². The number of hydrogen-bond donors (Lipinski definition) is 1. The number of fused-ring (bicyclic) bond motifs is 3. The van der Waals surface area contributed by atoms with Gasteiger partial charge in [0.25, 0.3) is 5.91 Å². The third-order valence-corrected chi connectivity index (χ3v) is 4.88. The number of hydrogen-bond acceptors (Lipinski definition) is 5. The van der Waals surface area contributed by atoms with E-state index in [4.69, 9.17) is 9.47 Å². The fourth-order valence-electron chi connectivity index (χ4n) is 3.18. The molecule has 1 aliphatic rings. The van der Waals surface area contributed by atoms with Crippen LogP contribution in [0.1, 0.15) is 20.7 Å². The molecule has 1 N–H and O–H groups in total. The number of morpholine rings is 1. The first kappa shape index (κ1) is 17.0. The predicted octanol–water partition coefficient (Wildman–Crippen LogP) is 2.74. The van der Waals surface area contributed by atoms with Crippen molar-refractivity contribution in [2.75, 3.05) is 33.4 Å². The Balaban J connectivity index is 1.82. The number of rotatable bonds is 2. The first-order chi connectivity index (χ1) is 12.6. The Bertz CT molecular complexity index is 1020. The lowest BCUT2D eigenvalue weighted by Crippen LogP contribution is -2.40. The summed E-state index contributed by atoms with van der Waals surface area (Å²) in [5.41, 5.74) is 2.97. The number of esters is 1. The summed E-state index contributed by atoms with van der Waals surface area (Å²) in [6, 6.07) is 7.04. The van der Waals surface area contributed by atoms with E-state index in [1.54, 1.807) is 23.1 Å². The molecule has 0 radical (unpaired) electrons. The van der Waals surface area contributed by atoms with Crippen LogP contribution in [-0.4, -0.2) is 60.2 Å². The largest absolute Gasteiger partial charge is 0.465 e. The van der Waals surface area contributed by atoms with Gasteiger partial charge in [0.05, 0.1) is 36.9 Å². The third kappa shape index (κ3) is 2.85. The Morgan fingerprint density at radius 3 is 2.77 bits per heavy atom. The van der Waals surface area contributed by atoms with E-state index in [1.165, 1.54) is 7.11 Å². The number of nitrogens with zero attached hydrogens (tertiary/aromatic N) is 2. The van der Waals surface area contributed by atoms with E-state index < -0.39 is 5.97 Å². The molecule has 0 aliphatic carbocycles. The number of carbonyl (C=O) groups is 2. The molecule has 3 aromatic rings. The first-order valence-corrected chi connectivity index (χ1v) is 8.95. The Labute approximate surface area is 157 Å². The van der Waals surface area contributed by atoms with Gasteiger partial charge in [-0.05, 0) is 40.2 Å². The molecule has 1 aliphatic heterocycles. The van der Waals surface area contributed by atoms with Gasteiger partial charge in [0.2, 0.25) is 0 Å². The predicted molar refractivity (Wildman–Crippen MR) is 99.4 cm³/mol. The molecule has 4 rings (SSSR count). The van der Waals surface area contributed by atoms with Crippen molar-refractivity contribution in [3.8, 4) is 0 Å². The van der Waals surface area contributed by atoms with E-state index in [9.17, 15) is 9.59 Å². The molecule has 26 heavy (non-hydrogen) atoms. The number of amides is 1. The number of methoxy groups -OCH3 is 1. The zero-order valence-electron chi connectivity index (χ0n) is 14.0. The van der Waals surface area contributed by atoms with E-state index in [0.29, 0.717) is 53.1 Å². The third-order valence-electron chi connectivity index (χ3n) is 4.47. The summed E-state index contributed by atoms with van der Waals surface area (Å²) in [6.07, 6.45) is 0. The molecule has 7 nitrogen and oxygen atoms in total. The molecular weight excluding hydrogens is 402 g/mol. The van der Waals surface area contributed by atoms with Gasteiger partial charge in [-0.25, -0.2) is 9.78 Å². The number of halogens is 1. The molecule has 3 heterocycles. The van der Waals surface area contributed by atoms with Gasteiger partial charge in [-0.3, -0.25) is 4.79 Å². The summed E-state index contributed by atoms with van der Waals surface area (Å²) in [5, 5.41) is 0.838. The minimum Gasteiger partial charge on any atom is -0.465 e. The number of aromatic amines is 1. The van der Waals surface area contributed by atoms with Crippen LogP contribution in [-0.2, 0) is 9.47 Å². The van der Waals surface area contributed by atoms with Gasteiger partial charge in [-0.2, -0.15) is 0 Å². The highest BCUT2D eigenvalue weighted by Crippen LogP contribution is 2.29. The summed E-state index contributed by atoms with van der Waals surface area (Å²) in [6.45, 7) is 2.29. The Hall–Kier alpha value is -2.45. The van der Waals surface area contributed by atoms with Crippen molar-refractivity contribution in [3.63, 3.8) is 0 Å². The van der Waals surface area contributed by atoms with Crippen molar-refractivity contribution in [1.82, 2.24) is 14.9 Å². The van der Waals surface area contributed by atoms with Crippen LogP contribution in [0.25, 0.3) is 21.9 Å². The lowest BCUT2D eigenvalue weighted by Gasteiger charge is -2.26. The maximum atomic E-state index is 12.7. The lowest BCUT2D eigenvalue weighted by molar-refractivity contribution is 0.0303. The van der Waals surface area contributed by atoms with E-state index in [-0.39, 0.29) is 5.91 Å². The van der Waals surface area contributed by atoms with Crippen LogP contribution in [0.2, 0.25) is 0 Å². The highest BCUT2D eigenvalue weighted by Gasteiger charge is 2.21. The monoisotopic (exact) mass is 417 g/mol. The minimum absolute atomic E-state index is 0.0313. The summed E-state index contributed by atoms with van der Waals surface area (Å²) in [4.78, 5) is 34.2. The minimum atomic E-state index is -0.450. The average Bonchev–Trinajstić information content (AvgIpc) is 3.04. The van der Waals surface area contributed by atoms with Gasteiger partial charge >= 0.3 is 5.97 Å². The van der Waals surface area contributed by atoms with E-state index in [1.807, 2.05) is 6.07 Å². The van der Waals surface area contributed by atoms with Gasteiger partial charge in [0.15, 0.2) is 0 Å². The zero-order chi connectivity index (χ0) is 18.3. The Morgan fingerprint density at radius 2 is 2.04 bits per heavy atom. The Morgan fingerprint density at radius 1 is 1.27 bits per heavy atom. The van der Waals surface area contributed by atoms with Crippen molar-refractivity contribution in [2.45, 2.75) is 0 Å². The highest BCUT2D eigenvalue weighted by atomic mass is 79.9. The number of nitrogens with one attached hydrogen (secondary N) is 1. The number of carbonyl (C=O) groups excluding carboxylic acids is 2. The molecule has 1 fully saturated rings. The molecule has 1 aromatic carbocycles. The number of H-pyrrole nitrogens is 1. The lowest BCUT2D eigenvalue weighted by atomic mass is 10.1. The maximum Gasteiger partial charge on any atom is 0.340 e. The van der Waals surface area contributed by atoms with Crippen molar-refractivity contribution in [2.24, 2.45) is 0 Å². The van der Waals surface area contributed by atoms with Gasteiger partial charge in [0, 0.05) is 29.6 Å². The van der Waals surface area contributed by atoms with Crippen molar-refractivity contribution in [3.05, 3.63) is 40.0 Å². The fourth-order valence-corrected chi connectivity index (χ4v) is 3.58. The molecule has 0 saturated carbocycles. The SMILES string of the molecule is COC(=O)c1cc(Br)nc2c1[nH]c1cc(C(=O)N3CCOCC3)ccc12. The molecule has 0 spiro atoms. The molecule has 0 unspecified atom stereocenters. The van der Waals surface area contributed by atoms with Crippen molar-refractivity contribution >= 4 is 49.7 Å². The topological polar surface area (TPSA) is 84.5 Å². The van der Waals surface area contributed by atoms with Crippen LogP contribution in [0.5, 0.6) is 0 Å². The average molecular weight is 418 g/mol. The normalized spacial score (nSPS) is 14.8. The Kier molecular flexibility index (Phi) is 4.37. The summed E-state index contributed by atoms with van der Waals surface area (Å²) >= 11 is 3.34. The van der Waals surface area contributed by atoms with Gasteiger partial charge in [0.1, 0.15) is 4.60 Å². The fraction of sp³-hybridized carbons (Fsp3) is 0.278. The number of benzene rings is 1.